The number of furan rings is 1. The average molecular weight is 325 g/mol. The lowest BCUT2D eigenvalue weighted by Crippen LogP contribution is -2.40. The van der Waals surface area contributed by atoms with Crippen LogP contribution in [0, 0.1) is 0 Å². The molecule has 2 aromatic heterocycles. The number of amides is 1. The second kappa shape index (κ2) is 6.23. The van der Waals surface area contributed by atoms with Gasteiger partial charge in [-0.3, -0.25) is 9.48 Å². The zero-order valence-corrected chi connectivity index (χ0v) is 13.8. The van der Waals surface area contributed by atoms with Crippen molar-refractivity contribution >= 4 is 5.91 Å². The van der Waals surface area contributed by atoms with Crippen LogP contribution in [0.25, 0.3) is 0 Å². The summed E-state index contributed by atoms with van der Waals surface area (Å²) in [7, 11) is 1.83. The van der Waals surface area contributed by atoms with Gasteiger partial charge in [-0.25, -0.2) is 0 Å². The maximum atomic E-state index is 12.4. The predicted molar refractivity (Wildman–Crippen MR) is 88.9 cm³/mol. The standard InChI is InChI=1S/C18H19N3O3/c1-18(2,13-11-19-21(3)12-13)20-17(22)15-9-10-16(24-15)23-14-7-5-4-6-8-14/h4-12H,1-3H3,(H,20,22). The second-order valence-corrected chi connectivity index (χ2v) is 6.02. The molecule has 0 aliphatic rings. The van der Waals surface area contributed by atoms with Crippen LogP contribution in [0.1, 0.15) is 30.0 Å². The van der Waals surface area contributed by atoms with E-state index in [4.69, 9.17) is 9.15 Å². The molecule has 0 unspecified atom stereocenters. The first-order valence-electron chi connectivity index (χ1n) is 7.58. The molecule has 1 amide bonds. The van der Waals surface area contributed by atoms with Crippen LogP contribution in [0.3, 0.4) is 0 Å². The van der Waals surface area contributed by atoms with Gasteiger partial charge >= 0.3 is 0 Å². The lowest BCUT2D eigenvalue weighted by atomic mass is 9.97. The molecule has 0 saturated carbocycles. The molecule has 0 bridgehead atoms. The number of hydrogen-bond acceptors (Lipinski definition) is 4. The lowest BCUT2D eigenvalue weighted by Gasteiger charge is -2.24. The van der Waals surface area contributed by atoms with Gasteiger partial charge in [0.15, 0.2) is 5.76 Å². The third kappa shape index (κ3) is 3.48. The smallest absolute Gasteiger partial charge is 0.290 e. The van der Waals surface area contributed by atoms with Crippen molar-refractivity contribution in [1.29, 1.82) is 0 Å². The minimum Gasteiger partial charge on any atom is -0.426 e. The van der Waals surface area contributed by atoms with E-state index in [1.807, 2.05) is 57.4 Å². The summed E-state index contributed by atoms with van der Waals surface area (Å²) < 4.78 is 12.7. The van der Waals surface area contributed by atoms with Crippen molar-refractivity contribution in [2.45, 2.75) is 19.4 Å². The number of carbonyl (C=O) groups excluding carboxylic acids is 1. The molecule has 3 aromatic rings. The monoisotopic (exact) mass is 325 g/mol. The van der Waals surface area contributed by atoms with Crippen LogP contribution in [0.15, 0.2) is 59.3 Å². The summed E-state index contributed by atoms with van der Waals surface area (Å²) in [4.78, 5) is 12.4. The Kier molecular flexibility index (Phi) is 4.12. The van der Waals surface area contributed by atoms with Gasteiger partial charge in [0.25, 0.3) is 11.9 Å². The molecule has 0 aliphatic carbocycles. The van der Waals surface area contributed by atoms with Gasteiger partial charge in [0.1, 0.15) is 5.75 Å². The fourth-order valence-electron chi connectivity index (χ4n) is 2.26. The number of nitrogens with zero attached hydrogens (tertiary/aromatic N) is 2. The number of benzene rings is 1. The number of aromatic nitrogens is 2. The zero-order valence-electron chi connectivity index (χ0n) is 13.8. The second-order valence-electron chi connectivity index (χ2n) is 6.02. The van der Waals surface area contributed by atoms with E-state index in [2.05, 4.69) is 10.4 Å². The topological polar surface area (TPSA) is 69.3 Å². The van der Waals surface area contributed by atoms with Crippen LogP contribution in [0.4, 0.5) is 0 Å². The summed E-state index contributed by atoms with van der Waals surface area (Å²) in [6.45, 7) is 3.82. The fraction of sp³-hybridized carbons (Fsp3) is 0.222. The number of hydrogen-bond donors (Lipinski definition) is 1. The third-order valence-electron chi connectivity index (χ3n) is 3.62. The van der Waals surface area contributed by atoms with E-state index >= 15 is 0 Å². The van der Waals surface area contributed by atoms with E-state index in [1.165, 1.54) is 0 Å². The van der Waals surface area contributed by atoms with Crippen LogP contribution in [-0.2, 0) is 12.6 Å². The molecule has 3 rings (SSSR count). The molecule has 6 heteroatoms. The Morgan fingerprint density at radius 3 is 2.62 bits per heavy atom. The van der Waals surface area contributed by atoms with Crippen LogP contribution < -0.4 is 10.1 Å². The van der Waals surface area contributed by atoms with Gasteiger partial charge in [-0.15, -0.1) is 0 Å². The first kappa shape index (κ1) is 15.9. The highest BCUT2D eigenvalue weighted by atomic mass is 16.6. The zero-order chi connectivity index (χ0) is 17.2. The van der Waals surface area contributed by atoms with Gasteiger partial charge in [0.2, 0.25) is 0 Å². The number of nitrogens with one attached hydrogen (secondary N) is 1. The Balaban J connectivity index is 1.69. The molecule has 0 radical (unpaired) electrons. The maximum absolute atomic E-state index is 12.4. The van der Waals surface area contributed by atoms with Gasteiger partial charge in [-0.2, -0.15) is 5.10 Å². The van der Waals surface area contributed by atoms with Crippen molar-refractivity contribution < 1.29 is 13.9 Å². The molecular weight excluding hydrogens is 306 g/mol. The van der Waals surface area contributed by atoms with Crippen molar-refractivity contribution in [2.75, 3.05) is 0 Å². The molecule has 124 valence electrons. The molecule has 6 nitrogen and oxygen atoms in total. The van der Waals surface area contributed by atoms with E-state index in [0.29, 0.717) is 5.75 Å². The SMILES string of the molecule is Cn1cc(C(C)(C)NC(=O)c2ccc(Oc3ccccc3)o2)cn1. The first-order valence-corrected chi connectivity index (χ1v) is 7.58. The largest absolute Gasteiger partial charge is 0.426 e. The Morgan fingerprint density at radius 1 is 1.21 bits per heavy atom. The van der Waals surface area contributed by atoms with Crippen LogP contribution in [0.5, 0.6) is 11.7 Å². The fourth-order valence-corrected chi connectivity index (χ4v) is 2.26. The summed E-state index contributed by atoms with van der Waals surface area (Å²) in [6, 6.07) is 12.5. The molecule has 0 fully saturated rings. The lowest BCUT2D eigenvalue weighted by molar-refractivity contribution is 0.0878. The summed E-state index contributed by atoms with van der Waals surface area (Å²) in [5.41, 5.74) is 0.337. The van der Waals surface area contributed by atoms with Crippen molar-refractivity contribution in [2.24, 2.45) is 7.05 Å². The number of rotatable bonds is 5. The molecular formula is C18H19N3O3. The summed E-state index contributed by atoms with van der Waals surface area (Å²) >= 11 is 0. The van der Waals surface area contributed by atoms with E-state index in [-0.39, 0.29) is 17.6 Å². The van der Waals surface area contributed by atoms with Crippen LogP contribution in [-0.4, -0.2) is 15.7 Å². The number of aryl methyl sites for hydroxylation is 1. The average Bonchev–Trinajstić information content (AvgIpc) is 3.17. The summed E-state index contributed by atoms with van der Waals surface area (Å²) in [5.74, 6) is 0.796. The van der Waals surface area contributed by atoms with E-state index in [0.717, 1.165) is 5.56 Å². The van der Waals surface area contributed by atoms with Crippen molar-refractivity contribution in [3.8, 4) is 11.7 Å². The Morgan fingerprint density at radius 2 is 1.96 bits per heavy atom. The Hall–Kier alpha value is -3.02. The van der Waals surface area contributed by atoms with E-state index in [1.54, 1.807) is 23.0 Å². The molecule has 0 atom stereocenters. The van der Waals surface area contributed by atoms with Gasteiger partial charge in [0, 0.05) is 24.9 Å². The van der Waals surface area contributed by atoms with Gasteiger partial charge in [-0.1, -0.05) is 18.2 Å². The van der Waals surface area contributed by atoms with Crippen LogP contribution in [0.2, 0.25) is 0 Å². The van der Waals surface area contributed by atoms with Crippen molar-refractivity contribution in [1.82, 2.24) is 15.1 Å². The number of carbonyl (C=O) groups is 1. The van der Waals surface area contributed by atoms with E-state index in [9.17, 15) is 4.79 Å². The molecule has 24 heavy (non-hydrogen) atoms. The molecule has 0 saturated heterocycles. The van der Waals surface area contributed by atoms with Gasteiger partial charge in [-0.05, 0) is 32.0 Å². The molecule has 1 aromatic carbocycles. The maximum Gasteiger partial charge on any atom is 0.290 e. The normalized spacial score (nSPS) is 11.3. The summed E-state index contributed by atoms with van der Waals surface area (Å²) in [5, 5.41) is 7.07. The van der Waals surface area contributed by atoms with Crippen molar-refractivity contribution in [3.63, 3.8) is 0 Å². The van der Waals surface area contributed by atoms with Crippen molar-refractivity contribution in [3.05, 3.63) is 66.2 Å². The molecule has 2 heterocycles. The van der Waals surface area contributed by atoms with E-state index < -0.39 is 5.54 Å². The Labute approximate surface area is 140 Å². The first-order chi connectivity index (χ1) is 11.4. The molecule has 1 N–H and O–H groups in total. The minimum atomic E-state index is -0.571. The summed E-state index contributed by atoms with van der Waals surface area (Å²) in [6.07, 6.45) is 3.60. The quantitative estimate of drug-likeness (QED) is 0.780. The number of para-hydroxylation sites is 1. The highest BCUT2D eigenvalue weighted by Gasteiger charge is 2.26. The number of ether oxygens (including phenoxy) is 1. The Bertz CT molecular complexity index is 834. The minimum absolute atomic E-state index is 0.192. The van der Waals surface area contributed by atoms with Crippen LogP contribution >= 0.6 is 0 Å². The third-order valence-corrected chi connectivity index (χ3v) is 3.62. The predicted octanol–water partition coefficient (Wildman–Crippen LogP) is 3.47. The van der Waals surface area contributed by atoms with Gasteiger partial charge < -0.3 is 14.5 Å². The highest BCUT2D eigenvalue weighted by Crippen LogP contribution is 2.25. The molecule has 0 aliphatic heterocycles. The molecule has 0 spiro atoms. The highest BCUT2D eigenvalue weighted by molar-refractivity contribution is 5.92. The van der Waals surface area contributed by atoms with Gasteiger partial charge in [0.05, 0.1) is 11.7 Å².